The van der Waals surface area contributed by atoms with E-state index in [9.17, 15) is 9.18 Å². The first-order valence-electron chi connectivity index (χ1n) is 8.85. The van der Waals surface area contributed by atoms with Crippen molar-refractivity contribution in [2.24, 2.45) is 0 Å². The van der Waals surface area contributed by atoms with Gasteiger partial charge in [0.25, 0.3) is 0 Å². The molecule has 1 saturated heterocycles. The Morgan fingerprint density at radius 2 is 2.07 bits per heavy atom. The van der Waals surface area contributed by atoms with Gasteiger partial charge in [-0.15, -0.1) is 0 Å². The van der Waals surface area contributed by atoms with Crippen molar-refractivity contribution in [3.05, 3.63) is 47.0 Å². The van der Waals surface area contributed by atoms with Gasteiger partial charge in [0.1, 0.15) is 17.5 Å². The number of nitrogens with zero attached hydrogens (tertiary/aromatic N) is 3. The van der Waals surface area contributed by atoms with E-state index in [0.717, 1.165) is 0 Å². The molecule has 0 spiro atoms. The third kappa shape index (κ3) is 5.30. The number of ether oxygens (including phenoxy) is 2. The Balaban J connectivity index is 1.68. The summed E-state index contributed by atoms with van der Waals surface area (Å²) in [5.74, 6) is -0.241. The normalized spacial score (nSPS) is 17.3. The maximum absolute atomic E-state index is 14.5. The monoisotopic (exact) mass is 408 g/mol. The lowest BCUT2D eigenvalue weighted by Crippen LogP contribution is -2.44. The summed E-state index contributed by atoms with van der Waals surface area (Å²) in [6.45, 7) is 6.52. The fourth-order valence-electron chi connectivity index (χ4n) is 2.67. The van der Waals surface area contributed by atoms with Gasteiger partial charge in [-0.05, 0) is 38.5 Å². The lowest BCUT2D eigenvalue weighted by Gasteiger charge is -2.34. The molecule has 1 aliphatic rings. The van der Waals surface area contributed by atoms with Gasteiger partial charge in [-0.2, -0.15) is 0 Å². The SMILES string of the molecule is CC(C)(C)OC(=O)N1CCOC(c2ccc(Nc3ncc(Cl)cn3)c(F)c2)C1. The van der Waals surface area contributed by atoms with Crippen LogP contribution in [0.25, 0.3) is 0 Å². The van der Waals surface area contributed by atoms with Crippen molar-refractivity contribution < 1.29 is 18.7 Å². The Labute approximate surface area is 167 Å². The van der Waals surface area contributed by atoms with E-state index in [0.29, 0.717) is 30.3 Å². The highest BCUT2D eigenvalue weighted by atomic mass is 35.5. The van der Waals surface area contributed by atoms with Crippen LogP contribution in [-0.4, -0.2) is 46.3 Å². The van der Waals surface area contributed by atoms with Gasteiger partial charge < -0.3 is 19.7 Å². The molecule has 2 heterocycles. The minimum Gasteiger partial charge on any atom is -0.444 e. The molecular formula is C19H22ClFN4O3. The van der Waals surface area contributed by atoms with Crippen LogP contribution in [0.3, 0.4) is 0 Å². The molecule has 28 heavy (non-hydrogen) atoms. The summed E-state index contributed by atoms with van der Waals surface area (Å²) < 4.78 is 25.7. The summed E-state index contributed by atoms with van der Waals surface area (Å²) in [5, 5.41) is 3.19. The van der Waals surface area contributed by atoms with Crippen LogP contribution < -0.4 is 5.32 Å². The number of amides is 1. The topological polar surface area (TPSA) is 76.6 Å². The van der Waals surface area contributed by atoms with Crippen LogP contribution in [0.15, 0.2) is 30.6 Å². The van der Waals surface area contributed by atoms with Gasteiger partial charge in [0.05, 0.1) is 36.3 Å². The van der Waals surface area contributed by atoms with Crippen molar-refractivity contribution in [2.75, 3.05) is 25.0 Å². The van der Waals surface area contributed by atoms with Crippen LogP contribution in [0.5, 0.6) is 0 Å². The van der Waals surface area contributed by atoms with E-state index in [1.54, 1.807) is 17.0 Å². The number of hydrogen-bond donors (Lipinski definition) is 1. The number of nitrogens with one attached hydrogen (secondary N) is 1. The minimum absolute atomic E-state index is 0.228. The van der Waals surface area contributed by atoms with E-state index in [-0.39, 0.29) is 11.6 Å². The molecule has 1 N–H and O–H groups in total. The Bertz CT molecular complexity index is 842. The molecule has 1 fully saturated rings. The fourth-order valence-corrected chi connectivity index (χ4v) is 2.77. The molecule has 7 nitrogen and oxygen atoms in total. The number of anilines is 2. The zero-order chi connectivity index (χ0) is 20.3. The molecule has 1 unspecified atom stereocenters. The van der Waals surface area contributed by atoms with Crippen LogP contribution in [0.2, 0.25) is 5.02 Å². The van der Waals surface area contributed by atoms with E-state index >= 15 is 0 Å². The van der Waals surface area contributed by atoms with E-state index in [4.69, 9.17) is 21.1 Å². The van der Waals surface area contributed by atoms with Gasteiger partial charge in [0.15, 0.2) is 0 Å². The number of benzene rings is 1. The predicted molar refractivity (Wildman–Crippen MR) is 103 cm³/mol. The zero-order valence-corrected chi connectivity index (χ0v) is 16.7. The maximum Gasteiger partial charge on any atom is 0.410 e. The summed E-state index contributed by atoms with van der Waals surface area (Å²) in [6.07, 6.45) is 2.00. The molecule has 3 rings (SSSR count). The van der Waals surface area contributed by atoms with Crippen molar-refractivity contribution in [3.63, 3.8) is 0 Å². The Hall–Kier alpha value is -2.45. The first-order chi connectivity index (χ1) is 13.2. The molecule has 0 bridgehead atoms. The third-order valence-electron chi connectivity index (χ3n) is 3.95. The summed E-state index contributed by atoms with van der Waals surface area (Å²) in [7, 11) is 0. The lowest BCUT2D eigenvalue weighted by molar-refractivity contribution is -0.0433. The Morgan fingerprint density at radius 1 is 1.36 bits per heavy atom. The number of carbonyl (C=O) groups is 1. The standard InChI is InChI=1S/C19H22ClFN4O3/c1-19(2,3)28-18(26)25-6-7-27-16(11-25)12-4-5-15(14(21)8-12)24-17-22-9-13(20)10-23-17/h4-5,8-10,16H,6-7,11H2,1-3H3,(H,22,23,24). The van der Waals surface area contributed by atoms with Crippen LogP contribution in [-0.2, 0) is 9.47 Å². The summed E-state index contributed by atoms with van der Waals surface area (Å²) in [6, 6.07) is 4.70. The average molecular weight is 409 g/mol. The molecule has 2 aromatic rings. The van der Waals surface area contributed by atoms with E-state index in [1.165, 1.54) is 18.5 Å². The summed E-state index contributed by atoms with van der Waals surface area (Å²) >= 11 is 5.74. The molecule has 0 radical (unpaired) electrons. The second-order valence-electron chi connectivity index (χ2n) is 7.37. The summed E-state index contributed by atoms with van der Waals surface area (Å²) in [5.41, 5.74) is 0.285. The first kappa shape index (κ1) is 20.3. The second-order valence-corrected chi connectivity index (χ2v) is 7.81. The van der Waals surface area contributed by atoms with Crippen LogP contribution in [0.4, 0.5) is 20.8 Å². The highest BCUT2D eigenvalue weighted by Gasteiger charge is 2.29. The molecule has 1 aromatic carbocycles. The van der Waals surface area contributed by atoms with E-state index < -0.39 is 23.6 Å². The molecule has 1 aliphatic heterocycles. The molecule has 1 atom stereocenters. The number of morpholine rings is 1. The number of aromatic nitrogens is 2. The minimum atomic E-state index is -0.575. The quantitative estimate of drug-likeness (QED) is 0.815. The smallest absolute Gasteiger partial charge is 0.410 e. The number of halogens is 2. The zero-order valence-electron chi connectivity index (χ0n) is 15.9. The number of hydrogen-bond acceptors (Lipinski definition) is 6. The molecule has 1 amide bonds. The molecule has 0 aliphatic carbocycles. The second kappa shape index (κ2) is 8.28. The van der Waals surface area contributed by atoms with Crippen molar-refractivity contribution in [3.8, 4) is 0 Å². The van der Waals surface area contributed by atoms with Crippen molar-refractivity contribution in [1.82, 2.24) is 14.9 Å². The molecular weight excluding hydrogens is 387 g/mol. The van der Waals surface area contributed by atoms with E-state index in [1.807, 2.05) is 20.8 Å². The third-order valence-corrected chi connectivity index (χ3v) is 4.15. The lowest BCUT2D eigenvalue weighted by atomic mass is 10.1. The summed E-state index contributed by atoms with van der Waals surface area (Å²) in [4.78, 5) is 21.8. The van der Waals surface area contributed by atoms with Crippen molar-refractivity contribution >= 4 is 29.3 Å². The van der Waals surface area contributed by atoms with Gasteiger partial charge in [0, 0.05) is 6.54 Å². The Kier molecular flexibility index (Phi) is 6.00. The highest BCUT2D eigenvalue weighted by Crippen LogP contribution is 2.27. The van der Waals surface area contributed by atoms with Crippen LogP contribution >= 0.6 is 11.6 Å². The van der Waals surface area contributed by atoms with Crippen molar-refractivity contribution in [1.29, 1.82) is 0 Å². The van der Waals surface area contributed by atoms with Gasteiger partial charge in [-0.25, -0.2) is 19.2 Å². The number of rotatable bonds is 3. The van der Waals surface area contributed by atoms with Gasteiger partial charge in [0.2, 0.25) is 5.95 Å². The molecule has 150 valence electrons. The van der Waals surface area contributed by atoms with Gasteiger partial charge in [-0.3, -0.25) is 0 Å². The molecule has 9 heteroatoms. The first-order valence-corrected chi connectivity index (χ1v) is 9.22. The number of carbonyl (C=O) groups excluding carboxylic acids is 1. The highest BCUT2D eigenvalue weighted by molar-refractivity contribution is 6.30. The molecule has 1 aromatic heterocycles. The van der Waals surface area contributed by atoms with Crippen LogP contribution in [0.1, 0.15) is 32.4 Å². The average Bonchev–Trinajstić information content (AvgIpc) is 2.64. The largest absolute Gasteiger partial charge is 0.444 e. The van der Waals surface area contributed by atoms with Crippen molar-refractivity contribution in [2.45, 2.75) is 32.5 Å². The molecule has 0 saturated carbocycles. The Morgan fingerprint density at radius 3 is 2.71 bits per heavy atom. The van der Waals surface area contributed by atoms with Gasteiger partial charge in [-0.1, -0.05) is 17.7 Å². The van der Waals surface area contributed by atoms with Gasteiger partial charge >= 0.3 is 6.09 Å². The van der Waals surface area contributed by atoms with Crippen LogP contribution in [0, 0.1) is 5.82 Å². The fraction of sp³-hybridized carbons (Fsp3) is 0.421. The maximum atomic E-state index is 14.5. The van der Waals surface area contributed by atoms with E-state index in [2.05, 4.69) is 15.3 Å². The predicted octanol–water partition coefficient (Wildman–Crippen LogP) is 4.32.